The second-order valence-corrected chi connectivity index (χ2v) is 17.2. The molecule has 2 atom stereocenters. The number of phosphoric acid groups is 1. The van der Waals surface area contributed by atoms with Crippen LogP contribution in [-0.4, -0.2) is 74.9 Å². The average molecular weight is 797 g/mol. The highest BCUT2D eigenvalue weighted by molar-refractivity contribution is 7.47. The fourth-order valence-electron chi connectivity index (χ4n) is 5.59. The molecule has 0 aromatic rings. The van der Waals surface area contributed by atoms with Gasteiger partial charge >= 0.3 is 19.8 Å². The van der Waals surface area contributed by atoms with Crippen molar-refractivity contribution in [3.63, 3.8) is 0 Å². The second-order valence-electron chi connectivity index (χ2n) is 15.7. The maximum atomic E-state index is 12.7. The number of esters is 2. The first-order chi connectivity index (χ1) is 26.5. The van der Waals surface area contributed by atoms with Gasteiger partial charge in [0, 0.05) is 12.8 Å². The highest BCUT2D eigenvalue weighted by Crippen LogP contribution is 2.43. The minimum absolute atomic E-state index is 0.0262. The van der Waals surface area contributed by atoms with Gasteiger partial charge in [0.15, 0.2) is 6.10 Å². The maximum Gasteiger partial charge on any atom is 0.472 e. The van der Waals surface area contributed by atoms with Crippen molar-refractivity contribution in [2.24, 2.45) is 0 Å². The molecule has 1 unspecified atom stereocenters. The Bertz CT molecular complexity index is 1080. The molecule has 0 aromatic carbocycles. The van der Waals surface area contributed by atoms with Crippen molar-refractivity contribution in [1.82, 2.24) is 0 Å². The maximum absolute atomic E-state index is 12.7. The van der Waals surface area contributed by atoms with Crippen molar-refractivity contribution in [3.05, 3.63) is 48.6 Å². The van der Waals surface area contributed by atoms with Gasteiger partial charge in [0.2, 0.25) is 0 Å². The molecule has 0 aromatic heterocycles. The Morgan fingerprint density at radius 3 is 1.49 bits per heavy atom. The van der Waals surface area contributed by atoms with Crippen molar-refractivity contribution in [1.29, 1.82) is 0 Å². The standard InChI is InChI=1S/C45H82NO8P/c1-6-8-10-12-14-16-18-20-22-23-24-26-28-30-32-34-36-38-45(48)54-43(42-53-55(49,50)52-40-39-46(3,4)5)41-51-44(47)37-35-33-31-29-27-25-21-19-17-15-13-11-9-7-2/h13-16,19-22,43H,6-12,17-18,23-42H2,1-5H3/p+1/b15-13-,16-14-,21-19-,22-20-/t43-/m1/s1. The Balaban J connectivity index is 4.40. The third kappa shape index (κ3) is 41.4. The van der Waals surface area contributed by atoms with Crippen LogP contribution in [0.1, 0.15) is 174 Å². The monoisotopic (exact) mass is 797 g/mol. The van der Waals surface area contributed by atoms with Gasteiger partial charge in [-0.15, -0.1) is 0 Å². The van der Waals surface area contributed by atoms with Gasteiger partial charge in [-0.3, -0.25) is 18.6 Å². The highest BCUT2D eigenvalue weighted by Gasteiger charge is 2.27. The Kier molecular flexibility index (Phi) is 36.2. The normalized spacial score (nSPS) is 14.1. The molecule has 0 aliphatic rings. The Morgan fingerprint density at radius 2 is 1.00 bits per heavy atom. The average Bonchev–Trinajstić information content (AvgIpc) is 3.13. The number of quaternary nitrogens is 1. The van der Waals surface area contributed by atoms with Gasteiger partial charge in [0.1, 0.15) is 19.8 Å². The SMILES string of the molecule is CCCC/C=C\C/C=C\CCCCCCCC(=O)OC[C@H](COP(=O)(O)OCC[N+](C)(C)C)OC(=O)CCCCCCCCC/C=C\C/C=C\CCCCC. The molecule has 0 aliphatic heterocycles. The summed E-state index contributed by atoms with van der Waals surface area (Å²) in [7, 11) is 1.46. The number of allylic oxidation sites excluding steroid dienone is 8. The summed E-state index contributed by atoms with van der Waals surface area (Å²) in [5.41, 5.74) is 0. The molecule has 55 heavy (non-hydrogen) atoms. The van der Waals surface area contributed by atoms with Crippen LogP contribution >= 0.6 is 7.82 Å². The molecule has 9 nitrogen and oxygen atoms in total. The van der Waals surface area contributed by atoms with Crippen LogP contribution in [0.5, 0.6) is 0 Å². The first kappa shape index (κ1) is 53.0. The van der Waals surface area contributed by atoms with E-state index in [0.29, 0.717) is 17.4 Å². The van der Waals surface area contributed by atoms with Gasteiger partial charge in [-0.1, -0.05) is 140 Å². The smallest absolute Gasteiger partial charge is 0.462 e. The summed E-state index contributed by atoms with van der Waals surface area (Å²) in [6, 6.07) is 0. The summed E-state index contributed by atoms with van der Waals surface area (Å²) >= 11 is 0. The zero-order valence-electron chi connectivity index (χ0n) is 35.9. The first-order valence-corrected chi connectivity index (χ1v) is 23.4. The van der Waals surface area contributed by atoms with Gasteiger partial charge < -0.3 is 18.9 Å². The van der Waals surface area contributed by atoms with Crippen molar-refractivity contribution >= 4 is 19.8 Å². The lowest BCUT2D eigenvalue weighted by atomic mass is 10.1. The van der Waals surface area contributed by atoms with Gasteiger partial charge in [0.25, 0.3) is 0 Å². The molecular weight excluding hydrogens is 713 g/mol. The number of unbranched alkanes of at least 4 members (excludes halogenated alkanes) is 17. The minimum atomic E-state index is -4.38. The summed E-state index contributed by atoms with van der Waals surface area (Å²) in [4.78, 5) is 35.3. The number of hydrogen-bond donors (Lipinski definition) is 1. The van der Waals surface area contributed by atoms with E-state index in [2.05, 4.69) is 62.5 Å². The molecule has 0 rings (SSSR count). The summed E-state index contributed by atoms with van der Waals surface area (Å²) in [5.74, 6) is -0.826. The molecule has 1 N–H and O–H groups in total. The van der Waals surface area contributed by atoms with Crippen LogP contribution in [0.25, 0.3) is 0 Å². The van der Waals surface area contributed by atoms with Crippen molar-refractivity contribution < 1.29 is 42.1 Å². The Labute approximate surface area is 337 Å². The van der Waals surface area contributed by atoms with Crippen LogP contribution in [0.4, 0.5) is 0 Å². The topological polar surface area (TPSA) is 108 Å². The summed E-state index contributed by atoms with van der Waals surface area (Å²) in [5, 5.41) is 0. The number of carbonyl (C=O) groups is 2. The van der Waals surface area contributed by atoms with Crippen molar-refractivity contribution in [2.75, 3.05) is 47.5 Å². The first-order valence-electron chi connectivity index (χ1n) is 21.9. The van der Waals surface area contributed by atoms with Crippen LogP contribution in [0, 0.1) is 0 Å². The molecule has 0 spiro atoms. The highest BCUT2D eigenvalue weighted by atomic mass is 31.2. The van der Waals surface area contributed by atoms with Crippen LogP contribution in [0.3, 0.4) is 0 Å². The lowest BCUT2D eigenvalue weighted by Gasteiger charge is -2.24. The zero-order valence-corrected chi connectivity index (χ0v) is 36.8. The number of nitrogens with zero attached hydrogens (tertiary/aromatic N) is 1. The third-order valence-corrected chi connectivity index (χ3v) is 10.1. The van der Waals surface area contributed by atoms with Crippen LogP contribution in [-0.2, 0) is 32.7 Å². The molecule has 0 saturated heterocycles. The predicted octanol–water partition coefficient (Wildman–Crippen LogP) is 12.3. The molecule has 10 heteroatoms. The fraction of sp³-hybridized carbons (Fsp3) is 0.778. The van der Waals surface area contributed by atoms with E-state index in [1.165, 1.54) is 57.8 Å². The molecular formula is C45H83NO8P+. The van der Waals surface area contributed by atoms with Crippen LogP contribution < -0.4 is 0 Å². The van der Waals surface area contributed by atoms with Crippen molar-refractivity contribution in [3.8, 4) is 0 Å². The van der Waals surface area contributed by atoms with E-state index >= 15 is 0 Å². The van der Waals surface area contributed by atoms with Gasteiger partial charge in [-0.2, -0.15) is 0 Å². The zero-order chi connectivity index (χ0) is 40.7. The van der Waals surface area contributed by atoms with E-state index in [1.807, 2.05) is 21.1 Å². The predicted molar refractivity (Wildman–Crippen MR) is 229 cm³/mol. The summed E-state index contributed by atoms with van der Waals surface area (Å²) < 4.78 is 34.3. The molecule has 0 heterocycles. The number of likely N-dealkylation sites (N-methyl/N-ethyl adjacent to an activating group) is 1. The number of rotatable bonds is 39. The lowest BCUT2D eigenvalue weighted by Crippen LogP contribution is -2.37. The molecule has 320 valence electrons. The molecule has 0 aliphatic carbocycles. The van der Waals surface area contributed by atoms with Gasteiger partial charge in [-0.05, 0) is 70.6 Å². The quantitative estimate of drug-likeness (QED) is 0.0215. The molecule has 0 bridgehead atoms. The molecule has 0 amide bonds. The van der Waals surface area contributed by atoms with Gasteiger partial charge in [-0.25, -0.2) is 4.57 Å². The van der Waals surface area contributed by atoms with E-state index in [4.69, 9.17) is 18.5 Å². The number of ether oxygens (including phenoxy) is 2. The lowest BCUT2D eigenvalue weighted by molar-refractivity contribution is -0.870. The Morgan fingerprint density at radius 1 is 0.564 bits per heavy atom. The van der Waals surface area contributed by atoms with Crippen LogP contribution in [0.2, 0.25) is 0 Å². The largest absolute Gasteiger partial charge is 0.472 e. The fourth-order valence-corrected chi connectivity index (χ4v) is 6.33. The van der Waals surface area contributed by atoms with E-state index < -0.39 is 26.5 Å². The van der Waals surface area contributed by atoms with E-state index in [-0.39, 0.29) is 32.0 Å². The van der Waals surface area contributed by atoms with E-state index in [0.717, 1.165) is 83.5 Å². The number of carbonyl (C=O) groups excluding carboxylic acids is 2. The van der Waals surface area contributed by atoms with Crippen molar-refractivity contribution in [2.45, 2.75) is 180 Å². The Hall–Kier alpha value is -2.03. The van der Waals surface area contributed by atoms with E-state index in [1.54, 1.807) is 0 Å². The molecule has 0 fully saturated rings. The molecule has 0 saturated carbocycles. The number of phosphoric ester groups is 1. The second kappa shape index (κ2) is 37.5. The minimum Gasteiger partial charge on any atom is -0.462 e. The number of hydrogen-bond acceptors (Lipinski definition) is 7. The molecule has 0 radical (unpaired) electrons. The van der Waals surface area contributed by atoms with E-state index in [9.17, 15) is 19.0 Å². The summed E-state index contributed by atoms with van der Waals surface area (Å²) in [6.07, 6.45) is 42.9. The summed E-state index contributed by atoms with van der Waals surface area (Å²) in [6.45, 7) is 4.32. The third-order valence-electron chi connectivity index (χ3n) is 9.08. The van der Waals surface area contributed by atoms with Crippen LogP contribution in [0.15, 0.2) is 48.6 Å². The van der Waals surface area contributed by atoms with Gasteiger partial charge in [0.05, 0.1) is 27.7 Å².